The first-order chi connectivity index (χ1) is 11.0. The van der Waals surface area contributed by atoms with E-state index in [0.29, 0.717) is 16.9 Å². The van der Waals surface area contributed by atoms with Crippen LogP contribution in [-0.2, 0) is 9.53 Å². The van der Waals surface area contributed by atoms with Gasteiger partial charge in [-0.05, 0) is 43.3 Å². The number of carbonyl (C=O) groups excluding carboxylic acids is 2. The van der Waals surface area contributed by atoms with Crippen LogP contribution in [0.25, 0.3) is 0 Å². The van der Waals surface area contributed by atoms with Crippen molar-refractivity contribution in [2.75, 3.05) is 17.7 Å². The molecule has 120 valence electrons. The number of esters is 1. The van der Waals surface area contributed by atoms with Gasteiger partial charge in [-0.1, -0.05) is 28.1 Å². The number of nitrogens with one attached hydrogen (secondary N) is 2. The van der Waals surface area contributed by atoms with Gasteiger partial charge in [-0.3, -0.25) is 4.79 Å². The Bertz CT molecular complexity index is 701. The summed E-state index contributed by atoms with van der Waals surface area (Å²) in [5.41, 5.74) is 1.67. The average molecular weight is 377 g/mol. The molecule has 6 heteroatoms. The lowest BCUT2D eigenvalue weighted by molar-refractivity contribution is -0.123. The lowest BCUT2D eigenvalue weighted by atomic mass is 10.2. The van der Waals surface area contributed by atoms with Crippen molar-refractivity contribution in [3.63, 3.8) is 0 Å². The monoisotopic (exact) mass is 376 g/mol. The van der Waals surface area contributed by atoms with E-state index < -0.39 is 12.1 Å². The number of amides is 1. The molecule has 0 aliphatic rings. The van der Waals surface area contributed by atoms with E-state index in [4.69, 9.17) is 4.74 Å². The zero-order chi connectivity index (χ0) is 16.8. The van der Waals surface area contributed by atoms with Crippen molar-refractivity contribution >= 4 is 39.2 Å². The van der Waals surface area contributed by atoms with Gasteiger partial charge in [0.25, 0.3) is 5.91 Å². The van der Waals surface area contributed by atoms with Gasteiger partial charge in [0.1, 0.15) is 0 Å². The predicted octanol–water partition coefficient (Wildman–Crippen LogP) is 3.67. The normalized spacial score (nSPS) is 11.4. The Hall–Kier alpha value is -2.34. The maximum Gasteiger partial charge on any atom is 0.341 e. The van der Waals surface area contributed by atoms with E-state index >= 15 is 0 Å². The summed E-state index contributed by atoms with van der Waals surface area (Å²) in [5.74, 6) is -0.934. The highest BCUT2D eigenvalue weighted by molar-refractivity contribution is 9.10. The number of para-hydroxylation sites is 1. The molecule has 2 rings (SSSR count). The molecule has 0 heterocycles. The zero-order valence-corrected chi connectivity index (χ0v) is 14.4. The van der Waals surface area contributed by atoms with E-state index in [0.717, 1.165) is 4.47 Å². The minimum Gasteiger partial charge on any atom is -0.449 e. The van der Waals surface area contributed by atoms with E-state index in [-0.39, 0.29) is 5.91 Å². The van der Waals surface area contributed by atoms with Crippen molar-refractivity contribution in [2.45, 2.75) is 13.0 Å². The number of carbonyl (C=O) groups is 2. The van der Waals surface area contributed by atoms with Crippen LogP contribution in [0.15, 0.2) is 53.0 Å². The Balaban J connectivity index is 2.00. The van der Waals surface area contributed by atoms with Gasteiger partial charge in [0.2, 0.25) is 0 Å². The Morgan fingerprint density at radius 2 is 1.74 bits per heavy atom. The smallest absolute Gasteiger partial charge is 0.341 e. The van der Waals surface area contributed by atoms with Crippen LogP contribution in [-0.4, -0.2) is 25.0 Å². The Morgan fingerprint density at radius 3 is 2.39 bits per heavy atom. The molecule has 0 aliphatic heterocycles. The first-order valence-corrected chi connectivity index (χ1v) is 7.84. The van der Waals surface area contributed by atoms with Crippen molar-refractivity contribution < 1.29 is 14.3 Å². The fourth-order valence-electron chi connectivity index (χ4n) is 1.93. The van der Waals surface area contributed by atoms with Crippen molar-refractivity contribution in [3.8, 4) is 0 Å². The third kappa shape index (κ3) is 4.56. The molecular weight excluding hydrogens is 360 g/mol. The van der Waals surface area contributed by atoms with Gasteiger partial charge in [-0.2, -0.15) is 0 Å². The predicted molar refractivity (Wildman–Crippen MR) is 93.6 cm³/mol. The average Bonchev–Trinajstić information content (AvgIpc) is 2.56. The number of anilines is 2. The summed E-state index contributed by atoms with van der Waals surface area (Å²) in [7, 11) is 1.72. The summed E-state index contributed by atoms with van der Waals surface area (Å²) in [6.07, 6.45) is -0.906. The Morgan fingerprint density at radius 1 is 1.09 bits per heavy atom. The Kier molecular flexibility index (Phi) is 5.76. The molecule has 1 amide bonds. The molecule has 2 N–H and O–H groups in total. The molecule has 5 nitrogen and oxygen atoms in total. The van der Waals surface area contributed by atoms with Crippen LogP contribution in [0.2, 0.25) is 0 Å². The van der Waals surface area contributed by atoms with Crippen molar-refractivity contribution in [2.24, 2.45) is 0 Å². The maximum absolute atomic E-state index is 12.2. The molecule has 0 bridgehead atoms. The molecule has 2 aromatic rings. The number of hydrogen-bond donors (Lipinski definition) is 2. The highest BCUT2D eigenvalue weighted by Gasteiger charge is 2.20. The quantitative estimate of drug-likeness (QED) is 0.781. The maximum atomic E-state index is 12.2. The minimum absolute atomic E-state index is 0.386. The summed E-state index contributed by atoms with van der Waals surface area (Å²) in [5, 5.41) is 5.62. The third-order valence-corrected chi connectivity index (χ3v) is 3.71. The molecule has 0 saturated heterocycles. The first kappa shape index (κ1) is 17.0. The molecule has 0 radical (unpaired) electrons. The van der Waals surface area contributed by atoms with E-state index in [1.807, 2.05) is 18.2 Å². The van der Waals surface area contributed by atoms with Gasteiger partial charge in [0.05, 0.1) is 5.56 Å². The number of rotatable bonds is 5. The van der Waals surface area contributed by atoms with E-state index in [2.05, 4.69) is 26.6 Å². The summed E-state index contributed by atoms with van der Waals surface area (Å²) >= 11 is 3.32. The fraction of sp³-hybridized carbons (Fsp3) is 0.176. The van der Waals surface area contributed by atoms with Crippen LogP contribution in [0.3, 0.4) is 0 Å². The van der Waals surface area contributed by atoms with Gasteiger partial charge >= 0.3 is 5.97 Å². The summed E-state index contributed by atoms with van der Waals surface area (Å²) < 4.78 is 6.15. The molecule has 0 saturated carbocycles. The van der Waals surface area contributed by atoms with Gasteiger partial charge in [-0.15, -0.1) is 0 Å². The number of benzene rings is 2. The SMILES string of the molecule is CNc1ccccc1C(=O)O[C@H](C)C(=O)Nc1ccc(Br)cc1. The van der Waals surface area contributed by atoms with Crippen LogP contribution in [0, 0.1) is 0 Å². The number of ether oxygens (including phenoxy) is 1. The van der Waals surface area contributed by atoms with E-state index in [1.165, 1.54) is 6.92 Å². The third-order valence-electron chi connectivity index (χ3n) is 3.18. The molecule has 0 fully saturated rings. The summed E-state index contributed by atoms with van der Waals surface area (Å²) in [6, 6.07) is 14.1. The molecule has 2 aromatic carbocycles. The van der Waals surface area contributed by atoms with Crippen molar-refractivity contribution in [3.05, 3.63) is 58.6 Å². The topological polar surface area (TPSA) is 67.4 Å². The van der Waals surface area contributed by atoms with Crippen LogP contribution in [0.5, 0.6) is 0 Å². The van der Waals surface area contributed by atoms with Gasteiger partial charge in [0, 0.05) is 22.9 Å². The van der Waals surface area contributed by atoms with Crippen LogP contribution < -0.4 is 10.6 Å². The first-order valence-electron chi connectivity index (χ1n) is 7.05. The highest BCUT2D eigenvalue weighted by Crippen LogP contribution is 2.17. The molecule has 0 spiro atoms. The largest absolute Gasteiger partial charge is 0.449 e. The van der Waals surface area contributed by atoms with Crippen molar-refractivity contribution in [1.82, 2.24) is 0 Å². The van der Waals surface area contributed by atoms with Crippen LogP contribution in [0.1, 0.15) is 17.3 Å². The fourth-order valence-corrected chi connectivity index (χ4v) is 2.20. The van der Waals surface area contributed by atoms with Gasteiger partial charge < -0.3 is 15.4 Å². The molecule has 0 aromatic heterocycles. The lowest BCUT2D eigenvalue weighted by Crippen LogP contribution is -2.30. The zero-order valence-electron chi connectivity index (χ0n) is 12.8. The molecule has 23 heavy (non-hydrogen) atoms. The molecule has 0 aliphatic carbocycles. The van der Waals surface area contributed by atoms with Gasteiger partial charge in [0.15, 0.2) is 6.10 Å². The molecule has 0 unspecified atom stereocenters. The van der Waals surface area contributed by atoms with Gasteiger partial charge in [-0.25, -0.2) is 4.79 Å². The molecular formula is C17H17BrN2O3. The van der Waals surface area contributed by atoms with Crippen LogP contribution in [0.4, 0.5) is 11.4 Å². The minimum atomic E-state index is -0.906. The number of halogens is 1. The standard InChI is InChI=1S/C17H17BrN2O3/c1-11(16(21)20-13-9-7-12(18)8-10-13)23-17(22)14-5-3-4-6-15(14)19-2/h3-11,19H,1-2H3,(H,20,21)/t11-/m1/s1. The lowest BCUT2D eigenvalue weighted by Gasteiger charge is -2.15. The highest BCUT2D eigenvalue weighted by atomic mass is 79.9. The second-order valence-electron chi connectivity index (χ2n) is 4.84. The van der Waals surface area contributed by atoms with Crippen LogP contribution >= 0.6 is 15.9 Å². The van der Waals surface area contributed by atoms with E-state index in [1.54, 1.807) is 37.4 Å². The Labute approximate surface area is 143 Å². The second kappa shape index (κ2) is 7.78. The second-order valence-corrected chi connectivity index (χ2v) is 5.75. The van der Waals surface area contributed by atoms with E-state index in [9.17, 15) is 9.59 Å². The summed E-state index contributed by atoms with van der Waals surface area (Å²) in [4.78, 5) is 24.3. The number of hydrogen-bond acceptors (Lipinski definition) is 4. The summed E-state index contributed by atoms with van der Waals surface area (Å²) in [6.45, 7) is 1.54. The van der Waals surface area contributed by atoms with Crippen molar-refractivity contribution in [1.29, 1.82) is 0 Å². The molecule has 1 atom stereocenters.